The number of β-amino-alcohol motifs (C(OH)–C–C–N with tert-alkyl or cyclic N) is 1. The number of hydrogen-bond acceptors (Lipinski definition) is 7. The molecule has 11 heteroatoms. The quantitative estimate of drug-likeness (QED) is 0.524. The number of rotatable bonds is 9. The highest BCUT2D eigenvalue weighted by Gasteiger charge is 2.29. The Kier molecular flexibility index (Phi) is 9.04. The van der Waals surface area contributed by atoms with Crippen LogP contribution in [0.25, 0.3) is 10.6 Å². The van der Waals surface area contributed by atoms with Crippen LogP contribution in [-0.2, 0) is 17.1 Å². The smallest absolute Gasteiger partial charge is 0.244 e. The lowest BCUT2D eigenvalue weighted by Gasteiger charge is -2.26. The molecule has 8 nitrogen and oxygen atoms in total. The lowest BCUT2D eigenvalue weighted by Crippen LogP contribution is -2.42. The second-order valence-corrected chi connectivity index (χ2v) is 12.8. The number of benzene rings is 1. The Morgan fingerprint density at radius 3 is 2.63 bits per heavy atom. The fourth-order valence-electron chi connectivity index (χ4n) is 4.87. The third-order valence-electron chi connectivity index (χ3n) is 6.80. The number of aliphatic hydroxyl groups is 1. The number of nitrogens with zero attached hydrogens (tertiary/aromatic N) is 5. The van der Waals surface area contributed by atoms with Crippen molar-refractivity contribution < 1.29 is 13.5 Å². The van der Waals surface area contributed by atoms with E-state index in [2.05, 4.69) is 10.00 Å². The van der Waals surface area contributed by atoms with Gasteiger partial charge in [0, 0.05) is 32.2 Å². The Bertz CT molecular complexity index is 1170. The monoisotopic (exact) mass is 541 g/mol. The standard InChI is InChI=1S/C24H36ClN5O3S2/c1-3-30(17-20(31)16-29-13-7-8-14-29)35(32,33)22-15-18(11-12-21(22)25)23-27-28(2)24(34-23)26-19-9-5-4-6-10-19/h11-12,15,19-20,31H,3-10,13-14,16-17H2,1-2H3/b26-24+. The molecule has 1 aromatic carbocycles. The third kappa shape index (κ3) is 6.53. The molecule has 0 bridgehead atoms. The van der Waals surface area contributed by atoms with E-state index in [-0.39, 0.29) is 23.0 Å². The summed E-state index contributed by atoms with van der Waals surface area (Å²) < 4.78 is 30.2. The number of aryl methyl sites for hydroxylation is 1. The Labute approximate surface area is 217 Å². The van der Waals surface area contributed by atoms with Crippen molar-refractivity contribution in [2.24, 2.45) is 12.0 Å². The lowest BCUT2D eigenvalue weighted by molar-refractivity contribution is 0.106. The molecule has 2 aromatic rings. The highest BCUT2D eigenvalue weighted by molar-refractivity contribution is 7.89. The summed E-state index contributed by atoms with van der Waals surface area (Å²) >= 11 is 7.85. The van der Waals surface area contributed by atoms with Crippen LogP contribution >= 0.6 is 22.9 Å². The van der Waals surface area contributed by atoms with Crippen LogP contribution in [-0.4, -0.2) is 77.4 Å². The minimum Gasteiger partial charge on any atom is -0.390 e. The summed E-state index contributed by atoms with van der Waals surface area (Å²) in [5, 5.41) is 16.1. The molecule has 0 radical (unpaired) electrons. The van der Waals surface area contributed by atoms with E-state index in [1.807, 2.05) is 7.05 Å². The fourth-order valence-corrected chi connectivity index (χ4v) is 7.81. The molecule has 1 saturated carbocycles. The molecule has 194 valence electrons. The molecule has 2 fully saturated rings. The first kappa shape index (κ1) is 26.8. The van der Waals surface area contributed by atoms with Crippen LogP contribution in [0.5, 0.6) is 0 Å². The van der Waals surface area contributed by atoms with Crippen LogP contribution in [0.2, 0.25) is 5.02 Å². The van der Waals surface area contributed by atoms with Crippen molar-refractivity contribution in [1.29, 1.82) is 0 Å². The van der Waals surface area contributed by atoms with Crippen molar-refractivity contribution in [1.82, 2.24) is 19.0 Å². The molecule has 1 aliphatic heterocycles. The van der Waals surface area contributed by atoms with Gasteiger partial charge in [-0.05, 0) is 50.9 Å². The van der Waals surface area contributed by atoms with Crippen LogP contribution in [0.15, 0.2) is 28.1 Å². The third-order valence-corrected chi connectivity index (χ3v) is 10.3. The van der Waals surface area contributed by atoms with E-state index in [0.29, 0.717) is 23.2 Å². The normalized spacial score (nSPS) is 19.6. The molecule has 1 N–H and O–H groups in total. The number of aliphatic hydroxyl groups excluding tert-OH is 1. The molecule has 1 aliphatic carbocycles. The minimum absolute atomic E-state index is 0.0342. The Morgan fingerprint density at radius 1 is 1.23 bits per heavy atom. The minimum atomic E-state index is -3.90. The topological polar surface area (TPSA) is 91.0 Å². The SMILES string of the molecule is CCN(CC(O)CN1CCCC1)S(=O)(=O)c1cc(-c2nn(C)/c(=N\C3CCCCC3)s2)ccc1Cl. The van der Waals surface area contributed by atoms with Gasteiger partial charge in [0.05, 0.1) is 17.2 Å². The van der Waals surface area contributed by atoms with E-state index in [9.17, 15) is 13.5 Å². The zero-order chi connectivity index (χ0) is 25.0. The van der Waals surface area contributed by atoms with Gasteiger partial charge in [-0.15, -0.1) is 0 Å². The molecule has 2 aliphatic rings. The van der Waals surface area contributed by atoms with Gasteiger partial charge < -0.3 is 10.0 Å². The first-order chi connectivity index (χ1) is 16.8. The van der Waals surface area contributed by atoms with Crippen molar-refractivity contribution in [3.8, 4) is 10.6 Å². The van der Waals surface area contributed by atoms with Crippen LogP contribution in [0.1, 0.15) is 51.9 Å². The first-order valence-corrected chi connectivity index (χ1v) is 15.2. The number of hydrogen-bond donors (Lipinski definition) is 1. The van der Waals surface area contributed by atoms with Gasteiger partial charge in [-0.3, -0.25) is 4.99 Å². The van der Waals surface area contributed by atoms with Crippen molar-refractivity contribution in [2.45, 2.75) is 68.9 Å². The number of likely N-dealkylation sites (tertiary alicyclic amines) is 1. The zero-order valence-electron chi connectivity index (χ0n) is 20.6. The van der Waals surface area contributed by atoms with E-state index >= 15 is 0 Å². The summed E-state index contributed by atoms with van der Waals surface area (Å²) in [5.41, 5.74) is 0.687. The maximum absolute atomic E-state index is 13.6. The largest absolute Gasteiger partial charge is 0.390 e. The van der Waals surface area contributed by atoms with Crippen molar-refractivity contribution in [3.63, 3.8) is 0 Å². The van der Waals surface area contributed by atoms with Crippen molar-refractivity contribution in [3.05, 3.63) is 28.0 Å². The van der Waals surface area contributed by atoms with Gasteiger partial charge >= 0.3 is 0 Å². The molecule has 0 spiro atoms. The summed E-state index contributed by atoms with van der Waals surface area (Å²) in [6.45, 7) is 4.43. The Balaban J connectivity index is 1.57. The van der Waals surface area contributed by atoms with E-state index in [1.165, 1.54) is 34.9 Å². The summed E-state index contributed by atoms with van der Waals surface area (Å²) in [5.74, 6) is 0. The van der Waals surface area contributed by atoms with Crippen molar-refractivity contribution in [2.75, 3.05) is 32.7 Å². The molecule has 1 atom stereocenters. The lowest BCUT2D eigenvalue weighted by atomic mass is 9.96. The predicted octanol–water partition coefficient (Wildman–Crippen LogP) is 3.50. The maximum atomic E-state index is 13.6. The van der Waals surface area contributed by atoms with Crippen LogP contribution < -0.4 is 4.80 Å². The molecule has 0 amide bonds. The Hall–Kier alpha value is -1.30. The van der Waals surface area contributed by atoms with Gasteiger partial charge in [0.25, 0.3) is 0 Å². The highest BCUT2D eigenvalue weighted by atomic mass is 35.5. The Morgan fingerprint density at radius 2 is 1.94 bits per heavy atom. The van der Waals surface area contributed by atoms with Crippen molar-refractivity contribution >= 4 is 33.0 Å². The maximum Gasteiger partial charge on any atom is 0.244 e. The summed E-state index contributed by atoms with van der Waals surface area (Å²) in [4.78, 5) is 7.96. The number of halogens is 1. The first-order valence-electron chi connectivity index (χ1n) is 12.6. The molecule has 1 saturated heterocycles. The van der Waals surface area contributed by atoms with E-state index < -0.39 is 16.1 Å². The van der Waals surface area contributed by atoms with Gasteiger partial charge in [-0.2, -0.15) is 9.40 Å². The number of sulfonamides is 1. The molecular weight excluding hydrogens is 506 g/mol. The van der Waals surface area contributed by atoms with Gasteiger partial charge in [0.15, 0.2) is 0 Å². The summed E-state index contributed by atoms with van der Waals surface area (Å²) in [6, 6.07) is 5.33. The second-order valence-electron chi connectivity index (χ2n) is 9.50. The van der Waals surface area contributed by atoms with Gasteiger partial charge in [-0.1, -0.05) is 55.2 Å². The molecule has 1 aromatic heterocycles. The van der Waals surface area contributed by atoms with Gasteiger partial charge in [0.2, 0.25) is 14.8 Å². The fraction of sp³-hybridized carbons (Fsp3) is 0.667. The number of aromatic nitrogens is 2. The second kappa shape index (κ2) is 11.8. The van der Waals surface area contributed by atoms with E-state index in [4.69, 9.17) is 16.6 Å². The molecule has 2 heterocycles. The van der Waals surface area contributed by atoms with Crippen LogP contribution in [0.4, 0.5) is 0 Å². The summed E-state index contributed by atoms with van der Waals surface area (Å²) in [6.07, 6.45) is 7.39. The van der Waals surface area contributed by atoms with Crippen LogP contribution in [0.3, 0.4) is 0 Å². The van der Waals surface area contributed by atoms with Gasteiger partial charge in [-0.25, -0.2) is 13.1 Å². The predicted molar refractivity (Wildman–Crippen MR) is 140 cm³/mol. The average molecular weight is 542 g/mol. The highest BCUT2D eigenvalue weighted by Crippen LogP contribution is 2.31. The molecule has 4 rings (SSSR count). The average Bonchev–Trinajstić information content (AvgIpc) is 3.48. The number of likely N-dealkylation sites (N-methyl/N-ethyl adjacent to an activating group) is 1. The molecule has 35 heavy (non-hydrogen) atoms. The molecular formula is C24H36ClN5O3S2. The van der Waals surface area contributed by atoms with E-state index in [1.54, 1.807) is 29.8 Å². The van der Waals surface area contributed by atoms with Gasteiger partial charge in [0.1, 0.15) is 9.90 Å². The zero-order valence-corrected chi connectivity index (χ0v) is 23.0. The summed E-state index contributed by atoms with van der Waals surface area (Å²) in [7, 11) is -2.03. The molecule has 1 unspecified atom stereocenters. The van der Waals surface area contributed by atoms with E-state index in [0.717, 1.165) is 43.6 Å². The van der Waals surface area contributed by atoms with Crippen LogP contribution in [0, 0.1) is 0 Å².